The number of aryl methyl sites for hydroxylation is 1. The van der Waals surface area contributed by atoms with Crippen molar-refractivity contribution in [3.8, 4) is 0 Å². The number of carbonyl (C=O) groups is 1. The molecule has 1 aromatic rings. The molecule has 2 bridgehead atoms. The van der Waals surface area contributed by atoms with Gasteiger partial charge in [0.05, 0.1) is 5.60 Å². The molecule has 5 fully saturated rings. The normalized spacial score (nSPS) is 45.6. The molecule has 0 aromatic carbocycles. The van der Waals surface area contributed by atoms with Gasteiger partial charge in [-0.05, 0) is 72.7 Å². The van der Waals surface area contributed by atoms with Gasteiger partial charge in [0.15, 0.2) is 0 Å². The SMILES string of the molecule is COCCCn1nc(C(=O)NCC2(O)C3C4CC5C6C4CC3C6C52)ccc1=O. The number of rotatable bonds is 7. The smallest absolute Gasteiger partial charge is 0.271 e. The summed E-state index contributed by atoms with van der Waals surface area (Å²) >= 11 is 0. The van der Waals surface area contributed by atoms with Gasteiger partial charge in [0, 0.05) is 32.9 Å². The average Bonchev–Trinajstić information content (AvgIpc) is 3.20. The van der Waals surface area contributed by atoms with Crippen molar-refractivity contribution >= 4 is 5.91 Å². The fourth-order valence-corrected chi connectivity index (χ4v) is 8.36. The highest BCUT2D eigenvalue weighted by Gasteiger charge is 2.84. The predicted octanol–water partition coefficient (Wildman–Crippen LogP) is 0.519. The quantitative estimate of drug-likeness (QED) is 0.668. The van der Waals surface area contributed by atoms with Crippen LogP contribution < -0.4 is 10.9 Å². The first-order valence-corrected chi connectivity index (χ1v) is 10.6. The molecular weight excluding hydrogens is 358 g/mol. The first-order chi connectivity index (χ1) is 13.5. The molecule has 150 valence electrons. The summed E-state index contributed by atoms with van der Waals surface area (Å²) in [7, 11) is 1.61. The van der Waals surface area contributed by atoms with Crippen molar-refractivity contribution in [3.63, 3.8) is 0 Å². The number of amides is 1. The molecule has 0 saturated heterocycles. The summed E-state index contributed by atoms with van der Waals surface area (Å²) in [5, 5.41) is 18.8. The minimum absolute atomic E-state index is 0.225. The molecule has 7 heteroatoms. The van der Waals surface area contributed by atoms with Crippen molar-refractivity contribution in [2.45, 2.75) is 31.4 Å². The van der Waals surface area contributed by atoms with Gasteiger partial charge in [-0.1, -0.05) is 0 Å². The van der Waals surface area contributed by atoms with Crippen LogP contribution in [-0.4, -0.2) is 46.7 Å². The number of fused-ring (bicyclic) bond motifs is 2. The van der Waals surface area contributed by atoms with E-state index in [1.807, 2.05) is 0 Å². The maximum atomic E-state index is 12.7. The fourth-order valence-electron chi connectivity index (χ4n) is 8.36. The molecule has 5 aliphatic carbocycles. The van der Waals surface area contributed by atoms with E-state index in [9.17, 15) is 14.7 Å². The van der Waals surface area contributed by atoms with Crippen LogP contribution in [0.2, 0.25) is 0 Å². The standard InChI is InChI=1S/C21H27N3O4/c1-28-6-2-5-24-15(25)4-3-14(23-24)20(26)22-9-21(27)18-11-8-12-16-10(11)7-13(18)17(16)19(12)21/h3-4,10-13,16-19,27H,2,5-9H2,1H3,(H,22,26). The molecule has 1 amide bonds. The van der Waals surface area contributed by atoms with E-state index in [1.165, 1.54) is 29.7 Å². The van der Waals surface area contributed by atoms with Crippen molar-refractivity contribution in [3.05, 3.63) is 28.2 Å². The van der Waals surface area contributed by atoms with E-state index in [0.29, 0.717) is 61.6 Å². The van der Waals surface area contributed by atoms with Crippen molar-refractivity contribution in [1.82, 2.24) is 15.1 Å². The van der Waals surface area contributed by atoms with Crippen LogP contribution >= 0.6 is 0 Å². The van der Waals surface area contributed by atoms with Gasteiger partial charge in [-0.3, -0.25) is 9.59 Å². The van der Waals surface area contributed by atoms with Gasteiger partial charge in [-0.25, -0.2) is 4.68 Å². The second kappa shape index (κ2) is 5.66. The van der Waals surface area contributed by atoms with Crippen LogP contribution in [0.25, 0.3) is 0 Å². The molecule has 28 heavy (non-hydrogen) atoms. The van der Waals surface area contributed by atoms with E-state index in [0.717, 1.165) is 11.8 Å². The molecule has 7 nitrogen and oxygen atoms in total. The van der Waals surface area contributed by atoms with Crippen LogP contribution in [0.15, 0.2) is 16.9 Å². The summed E-state index contributed by atoms with van der Waals surface area (Å²) < 4.78 is 6.32. The topological polar surface area (TPSA) is 93.5 Å². The molecule has 0 radical (unpaired) electrons. The van der Waals surface area contributed by atoms with Crippen molar-refractivity contribution < 1.29 is 14.6 Å². The summed E-state index contributed by atoms with van der Waals surface area (Å²) in [6, 6.07) is 2.85. The van der Waals surface area contributed by atoms with Crippen molar-refractivity contribution in [2.24, 2.45) is 47.3 Å². The minimum atomic E-state index is -0.743. The number of hydrogen-bond acceptors (Lipinski definition) is 5. The molecule has 6 rings (SSSR count). The summed E-state index contributed by atoms with van der Waals surface area (Å²) in [4.78, 5) is 24.7. The second-order valence-electron chi connectivity index (χ2n) is 9.63. The Bertz CT molecular complexity index is 894. The lowest BCUT2D eigenvalue weighted by atomic mass is 9.56. The van der Waals surface area contributed by atoms with Crippen LogP contribution in [0.3, 0.4) is 0 Å². The molecular formula is C21H27N3O4. The Morgan fingerprint density at radius 1 is 1.25 bits per heavy atom. The van der Waals surface area contributed by atoms with Crippen molar-refractivity contribution in [2.75, 3.05) is 20.3 Å². The van der Waals surface area contributed by atoms with Gasteiger partial charge in [-0.2, -0.15) is 5.10 Å². The maximum Gasteiger partial charge on any atom is 0.271 e. The number of hydrogen-bond donors (Lipinski definition) is 2. The summed E-state index contributed by atoms with van der Waals surface area (Å²) in [6.07, 6.45) is 3.27. The first-order valence-electron chi connectivity index (χ1n) is 10.6. The Kier molecular flexibility index (Phi) is 3.47. The Labute approximate surface area is 163 Å². The summed E-state index contributed by atoms with van der Waals surface area (Å²) in [5.41, 5.74) is -0.744. The van der Waals surface area contributed by atoms with Crippen LogP contribution in [0, 0.1) is 47.3 Å². The van der Waals surface area contributed by atoms with E-state index >= 15 is 0 Å². The fraction of sp³-hybridized carbons (Fsp3) is 0.762. The highest BCUT2D eigenvalue weighted by atomic mass is 16.5. The molecule has 5 aliphatic rings. The van der Waals surface area contributed by atoms with Gasteiger partial charge in [0.2, 0.25) is 0 Å². The predicted molar refractivity (Wildman–Crippen MR) is 99.4 cm³/mol. The number of methoxy groups -OCH3 is 1. The van der Waals surface area contributed by atoms with Crippen LogP contribution in [-0.2, 0) is 11.3 Å². The number of aromatic nitrogens is 2. The van der Waals surface area contributed by atoms with E-state index < -0.39 is 5.60 Å². The second-order valence-corrected chi connectivity index (χ2v) is 9.63. The van der Waals surface area contributed by atoms with Crippen LogP contribution in [0.5, 0.6) is 0 Å². The lowest BCUT2D eigenvalue weighted by Gasteiger charge is -2.51. The number of ether oxygens (including phenoxy) is 1. The van der Waals surface area contributed by atoms with Crippen LogP contribution in [0.4, 0.5) is 0 Å². The Balaban J connectivity index is 1.17. The highest BCUT2D eigenvalue weighted by Crippen LogP contribution is 2.85. The molecule has 2 N–H and O–H groups in total. The zero-order valence-corrected chi connectivity index (χ0v) is 16.1. The number of aliphatic hydroxyl groups is 1. The molecule has 5 saturated carbocycles. The van der Waals surface area contributed by atoms with Gasteiger partial charge in [-0.15, -0.1) is 0 Å². The highest BCUT2D eigenvalue weighted by molar-refractivity contribution is 5.92. The Morgan fingerprint density at radius 3 is 2.86 bits per heavy atom. The van der Waals surface area contributed by atoms with Crippen LogP contribution in [0.1, 0.15) is 29.8 Å². The number of nitrogens with one attached hydrogen (secondary N) is 1. The molecule has 0 spiro atoms. The van der Waals surface area contributed by atoms with E-state index in [1.54, 1.807) is 7.11 Å². The monoisotopic (exact) mass is 385 g/mol. The van der Waals surface area contributed by atoms with Crippen molar-refractivity contribution in [1.29, 1.82) is 0 Å². The summed E-state index contributed by atoms with van der Waals surface area (Å²) in [5.74, 6) is 4.93. The lowest BCUT2D eigenvalue weighted by molar-refractivity contribution is -0.126. The van der Waals surface area contributed by atoms with E-state index in [4.69, 9.17) is 4.74 Å². The zero-order valence-electron chi connectivity index (χ0n) is 16.1. The Hall–Kier alpha value is -1.73. The molecule has 0 aliphatic heterocycles. The Morgan fingerprint density at radius 2 is 2.04 bits per heavy atom. The maximum absolute atomic E-state index is 12.7. The summed E-state index contributed by atoms with van der Waals surface area (Å²) in [6.45, 7) is 1.26. The number of nitrogens with zero attached hydrogens (tertiary/aromatic N) is 2. The molecule has 9 atom stereocenters. The largest absolute Gasteiger partial charge is 0.387 e. The van der Waals surface area contributed by atoms with E-state index in [-0.39, 0.29) is 17.2 Å². The minimum Gasteiger partial charge on any atom is -0.387 e. The molecule has 1 aromatic heterocycles. The average molecular weight is 385 g/mol. The van der Waals surface area contributed by atoms with Gasteiger partial charge in [0.25, 0.3) is 11.5 Å². The van der Waals surface area contributed by atoms with Gasteiger partial charge < -0.3 is 15.2 Å². The lowest BCUT2D eigenvalue weighted by Crippen LogP contribution is -2.59. The van der Waals surface area contributed by atoms with Gasteiger partial charge >= 0.3 is 0 Å². The van der Waals surface area contributed by atoms with E-state index in [2.05, 4.69) is 10.4 Å². The van der Waals surface area contributed by atoms with Gasteiger partial charge in [0.1, 0.15) is 5.69 Å². The third kappa shape index (κ3) is 1.94. The third-order valence-corrected chi connectivity index (χ3v) is 8.87. The molecule has 9 unspecified atom stereocenters. The zero-order chi connectivity index (χ0) is 19.2. The number of carbonyl (C=O) groups excluding carboxylic acids is 1. The third-order valence-electron chi connectivity index (χ3n) is 8.87. The molecule has 1 heterocycles. The first kappa shape index (κ1) is 17.2.